The molecule has 8 nitrogen and oxygen atoms in total. The number of rotatable bonds is 7. The minimum atomic E-state index is -3.70. The van der Waals surface area contributed by atoms with Crippen LogP contribution in [0, 0.1) is 0 Å². The van der Waals surface area contributed by atoms with Crippen molar-refractivity contribution < 1.29 is 31.2 Å². The Morgan fingerprint density at radius 1 is 1.12 bits per heavy atom. The van der Waals surface area contributed by atoms with Crippen molar-refractivity contribution in [2.24, 2.45) is 0 Å². The third-order valence-corrected chi connectivity index (χ3v) is 7.21. The predicted octanol–water partition coefficient (Wildman–Crippen LogP) is 2.67. The van der Waals surface area contributed by atoms with E-state index in [9.17, 15) is 17.2 Å². The van der Waals surface area contributed by atoms with E-state index in [2.05, 4.69) is 15.2 Å². The van der Waals surface area contributed by atoms with Crippen molar-refractivity contribution in [2.75, 3.05) is 12.4 Å². The van der Waals surface area contributed by atoms with Gasteiger partial charge in [-0.25, -0.2) is 17.2 Å². The molecule has 0 aromatic carbocycles. The van der Waals surface area contributed by atoms with E-state index >= 15 is 0 Å². The van der Waals surface area contributed by atoms with E-state index in [1.165, 1.54) is 31.3 Å². The zero-order valence-corrected chi connectivity index (χ0v) is 19.7. The molecule has 3 rings (SSSR count). The zero-order valence-electron chi connectivity index (χ0n) is 18.8. The van der Waals surface area contributed by atoms with Gasteiger partial charge in [0.15, 0.2) is 16.4 Å². The quantitative estimate of drug-likeness (QED) is 0.571. The lowest BCUT2D eigenvalue weighted by Gasteiger charge is -2.32. The van der Waals surface area contributed by atoms with Crippen LogP contribution in [0.4, 0.5) is 8.78 Å². The van der Waals surface area contributed by atoms with Gasteiger partial charge in [0.25, 0.3) is 5.92 Å². The molecule has 12 heteroatoms. The third-order valence-electron chi connectivity index (χ3n) is 5.47. The lowest BCUT2D eigenvalue weighted by molar-refractivity contribution is -0.0244. The van der Waals surface area contributed by atoms with Gasteiger partial charge in [0.05, 0.1) is 21.9 Å². The number of pyridine rings is 1. The molecule has 32 heavy (non-hydrogen) atoms. The molecule has 174 valence electrons. The van der Waals surface area contributed by atoms with E-state index < -0.39 is 40.7 Å². The molecule has 2 aromatic rings. The maximum atomic E-state index is 13.0. The van der Waals surface area contributed by atoms with Gasteiger partial charge in [0.1, 0.15) is 11.4 Å². The summed E-state index contributed by atoms with van der Waals surface area (Å²) in [4.78, 5) is 4.27. The normalized spacial score (nSPS) is 18.1. The Kier molecular flexibility index (Phi) is 6.35. The van der Waals surface area contributed by atoms with Crippen molar-refractivity contribution in [1.29, 1.82) is 0 Å². The zero-order chi connectivity index (χ0) is 23.9. The number of halogens is 2. The first-order valence-corrected chi connectivity index (χ1v) is 11.7. The molecule has 1 saturated heterocycles. The van der Waals surface area contributed by atoms with Gasteiger partial charge in [0, 0.05) is 24.6 Å². The van der Waals surface area contributed by atoms with Crippen LogP contribution in [-0.4, -0.2) is 60.2 Å². The van der Waals surface area contributed by atoms with E-state index in [0.29, 0.717) is 5.46 Å². The summed E-state index contributed by atoms with van der Waals surface area (Å²) in [5.74, 6) is -3.29. The number of alkyl halides is 2. The van der Waals surface area contributed by atoms with E-state index in [-0.39, 0.29) is 27.9 Å². The molecule has 0 bridgehead atoms. The highest BCUT2D eigenvalue weighted by molar-refractivity contribution is 7.91. The van der Waals surface area contributed by atoms with Crippen molar-refractivity contribution in [2.45, 2.75) is 63.6 Å². The van der Waals surface area contributed by atoms with Gasteiger partial charge < -0.3 is 14.0 Å². The maximum absolute atomic E-state index is 13.0. The Morgan fingerprint density at radius 2 is 1.75 bits per heavy atom. The van der Waals surface area contributed by atoms with Crippen molar-refractivity contribution in [3.63, 3.8) is 0 Å². The Labute approximate surface area is 186 Å². The molecule has 1 fully saturated rings. The van der Waals surface area contributed by atoms with E-state index in [4.69, 9.17) is 14.0 Å². The molecule has 0 atom stereocenters. The SMILES string of the molecule is CCS(=O)(=O)c1cc(B2OC(C)(C)C(C)(C)O2)cnc1-c1ccc(OCC(C)(F)F)nn1. The Bertz CT molecular complexity index is 1070. The van der Waals surface area contributed by atoms with Crippen LogP contribution in [-0.2, 0) is 19.1 Å². The highest BCUT2D eigenvalue weighted by Gasteiger charge is 2.52. The lowest BCUT2D eigenvalue weighted by Crippen LogP contribution is -2.41. The second kappa shape index (κ2) is 8.31. The van der Waals surface area contributed by atoms with Crippen LogP contribution in [0.25, 0.3) is 11.4 Å². The van der Waals surface area contributed by atoms with Gasteiger partial charge in [-0.05, 0) is 39.8 Å². The van der Waals surface area contributed by atoms with Crippen LogP contribution >= 0.6 is 0 Å². The maximum Gasteiger partial charge on any atom is 0.496 e. The average Bonchev–Trinajstić information content (AvgIpc) is 2.93. The standard InChI is InChI=1S/C20H26BF2N3O5S/c1-7-32(27,28)15-10-13(21-30-18(2,3)19(4,5)31-21)11-24-17(15)14-8-9-16(26-25-14)29-12-20(6,22)23/h8-11H,7,12H2,1-6H3. The van der Waals surface area contributed by atoms with Crippen molar-refractivity contribution >= 4 is 22.4 Å². The molecule has 0 radical (unpaired) electrons. The van der Waals surface area contributed by atoms with Crippen LogP contribution in [0.1, 0.15) is 41.5 Å². The third kappa shape index (κ3) is 5.07. The number of nitrogens with zero attached hydrogens (tertiary/aromatic N) is 3. The number of sulfone groups is 1. The van der Waals surface area contributed by atoms with Gasteiger partial charge in [0.2, 0.25) is 5.88 Å². The van der Waals surface area contributed by atoms with Crippen LogP contribution < -0.4 is 10.2 Å². The fraction of sp³-hybridized carbons (Fsp3) is 0.550. The fourth-order valence-electron chi connectivity index (χ4n) is 2.88. The van der Waals surface area contributed by atoms with Crippen LogP contribution in [0.2, 0.25) is 0 Å². The van der Waals surface area contributed by atoms with Gasteiger partial charge in [-0.2, -0.15) is 0 Å². The van der Waals surface area contributed by atoms with Crippen LogP contribution in [0.15, 0.2) is 29.3 Å². The molecular formula is C20H26BF2N3O5S. The summed E-state index contributed by atoms with van der Waals surface area (Å²) < 4.78 is 68.5. The van der Waals surface area contributed by atoms with Crippen molar-refractivity contribution in [1.82, 2.24) is 15.2 Å². The topological polar surface area (TPSA) is 101 Å². The summed E-state index contributed by atoms with van der Waals surface area (Å²) in [6.45, 7) is 8.98. The fourth-order valence-corrected chi connectivity index (χ4v) is 3.96. The summed E-state index contributed by atoms with van der Waals surface area (Å²) in [7, 11) is -4.49. The van der Waals surface area contributed by atoms with Crippen molar-refractivity contribution in [3.05, 3.63) is 24.4 Å². The molecule has 1 aliphatic rings. The van der Waals surface area contributed by atoms with E-state index in [1.807, 2.05) is 27.7 Å². The first-order valence-electron chi connectivity index (χ1n) is 10.1. The number of hydrogen-bond donors (Lipinski definition) is 0. The Morgan fingerprint density at radius 3 is 2.25 bits per heavy atom. The van der Waals surface area contributed by atoms with Gasteiger partial charge in [-0.15, -0.1) is 10.2 Å². The predicted molar refractivity (Wildman–Crippen MR) is 115 cm³/mol. The molecule has 0 spiro atoms. The van der Waals surface area contributed by atoms with E-state index in [0.717, 1.165) is 6.92 Å². The molecule has 2 aromatic heterocycles. The molecule has 0 saturated carbocycles. The highest BCUT2D eigenvalue weighted by atomic mass is 32.2. The summed E-state index contributed by atoms with van der Waals surface area (Å²) in [6, 6.07) is 4.22. The number of aromatic nitrogens is 3. The van der Waals surface area contributed by atoms with Gasteiger partial charge in [-0.3, -0.25) is 4.98 Å². The monoisotopic (exact) mass is 469 g/mol. The van der Waals surface area contributed by atoms with Gasteiger partial charge in [-0.1, -0.05) is 6.92 Å². The Hall–Kier alpha value is -2.18. The average molecular weight is 469 g/mol. The first kappa shape index (κ1) is 24.5. The molecule has 0 N–H and O–H groups in total. The number of ether oxygens (including phenoxy) is 1. The second-order valence-electron chi connectivity index (χ2n) is 8.72. The van der Waals surface area contributed by atoms with Crippen LogP contribution in [0.3, 0.4) is 0 Å². The molecule has 0 amide bonds. The first-order chi connectivity index (χ1) is 14.7. The smallest absolute Gasteiger partial charge is 0.470 e. The summed E-state index contributed by atoms with van der Waals surface area (Å²) in [6.07, 6.45) is 1.47. The summed E-state index contributed by atoms with van der Waals surface area (Å²) in [5, 5.41) is 7.68. The van der Waals surface area contributed by atoms with Crippen molar-refractivity contribution in [3.8, 4) is 17.3 Å². The molecule has 3 heterocycles. The van der Waals surface area contributed by atoms with Gasteiger partial charge >= 0.3 is 7.12 Å². The lowest BCUT2D eigenvalue weighted by atomic mass is 9.80. The minimum Gasteiger partial charge on any atom is -0.470 e. The number of hydrogen-bond acceptors (Lipinski definition) is 8. The largest absolute Gasteiger partial charge is 0.496 e. The molecular weight excluding hydrogens is 443 g/mol. The molecule has 1 aliphatic heterocycles. The molecule has 0 unspecified atom stereocenters. The summed E-state index contributed by atoms with van der Waals surface area (Å²) in [5.41, 5.74) is -0.495. The highest BCUT2D eigenvalue weighted by Crippen LogP contribution is 2.37. The summed E-state index contributed by atoms with van der Waals surface area (Å²) >= 11 is 0. The Balaban J connectivity index is 1.97. The minimum absolute atomic E-state index is 0.0460. The molecule has 0 aliphatic carbocycles. The van der Waals surface area contributed by atoms with E-state index in [1.54, 1.807) is 0 Å². The van der Waals surface area contributed by atoms with Crippen LogP contribution in [0.5, 0.6) is 5.88 Å². The second-order valence-corrected chi connectivity index (χ2v) is 11.0.